The zero-order valence-corrected chi connectivity index (χ0v) is 19.1. The highest BCUT2D eigenvalue weighted by Crippen LogP contribution is 2.37. The minimum Gasteiger partial charge on any atom is -0.382 e. The molecule has 2 aromatic carbocycles. The summed E-state index contributed by atoms with van der Waals surface area (Å²) in [5, 5.41) is 11.3. The van der Waals surface area contributed by atoms with Crippen molar-refractivity contribution in [3.63, 3.8) is 0 Å². The molecule has 0 saturated carbocycles. The number of para-hydroxylation sites is 1. The van der Waals surface area contributed by atoms with Crippen LogP contribution in [0.2, 0.25) is 0 Å². The van der Waals surface area contributed by atoms with Crippen molar-refractivity contribution in [1.82, 2.24) is 20.8 Å². The van der Waals surface area contributed by atoms with Crippen molar-refractivity contribution in [1.29, 1.82) is 0 Å². The molecular weight excluding hydrogens is 486 g/mol. The summed E-state index contributed by atoms with van der Waals surface area (Å²) >= 11 is 0. The summed E-state index contributed by atoms with van der Waals surface area (Å²) in [5.41, 5.74) is 13.3. The number of sulfone groups is 1. The fraction of sp³-hybridized carbons (Fsp3) is 0.167. The third kappa shape index (κ3) is 3.86. The van der Waals surface area contributed by atoms with Crippen LogP contribution in [-0.2, 0) is 19.9 Å². The van der Waals surface area contributed by atoms with E-state index in [4.69, 9.17) is 22.4 Å². The lowest BCUT2D eigenvalue weighted by atomic mass is 9.96. The van der Waals surface area contributed by atoms with Gasteiger partial charge in [0.25, 0.3) is 5.56 Å². The molecule has 1 aromatic heterocycles. The SMILES string of the molecule is NN/N=C(\N)c1c(-c2cccc3c(=O)[nH]c(N)nc23)ccc(S(=O)(=O)C2CNC2)c1S(N)(=O)=O. The zero-order valence-electron chi connectivity index (χ0n) is 17.4. The smallest absolute Gasteiger partial charge is 0.260 e. The van der Waals surface area contributed by atoms with E-state index in [2.05, 4.69) is 20.4 Å². The molecule has 0 bridgehead atoms. The highest BCUT2D eigenvalue weighted by molar-refractivity contribution is 7.94. The summed E-state index contributed by atoms with van der Waals surface area (Å²) in [6, 6.07) is 7.03. The van der Waals surface area contributed by atoms with Gasteiger partial charge in [0.15, 0.2) is 15.7 Å². The molecule has 3 aromatic rings. The predicted octanol–water partition coefficient (Wildman–Crippen LogP) is -2.35. The Morgan fingerprint density at radius 3 is 2.41 bits per heavy atom. The monoisotopic (exact) mass is 507 g/mol. The normalized spacial score (nSPS) is 15.3. The standard InChI is InChI=1S/C18H21N9O5S2/c19-16(26-27-21)13-9(10-2-1-3-11-14(10)24-18(20)25-17(11)28)4-5-12(15(13)34(22,31)32)33(29,30)8-6-23-7-8/h1-5,8,23,27H,6-7,21H2,(H2,19,26)(H2,22,31,32)(H3,20,24,25,28). The van der Waals surface area contributed by atoms with E-state index in [1.54, 1.807) is 0 Å². The third-order valence-corrected chi connectivity index (χ3v) is 8.67. The summed E-state index contributed by atoms with van der Waals surface area (Å²) in [4.78, 5) is 17.6. The van der Waals surface area contributed by atoms with Gasteiger partial charge in [-0.2, -0.15) is 0 Å². The number of aromatic amines is 1. The van der Waals surface area contributed by atoms with Crippen LogP contribution < -0.4 is 38.9 Å². The summed E-state index contributed by atoms with van der Waals surface area (Å²) in [6.45, 7) is 0.291. The Bertz CT molecular complexity index is 1610. The number of nitrogen functional groups attached to an aromatic ring is 1. The fourth-order valence-electron chi connectivity index (χ4n) is 3.73. The third-order valence-electron chi connectivity index (χ3n) is 5.38. The molecule has 0 aliphatic carbocycles. The lowest BCUT2D eigenvalue weighted by Gasteiger charge is -2.28. The van der Waals surface area contributed by atoms with Crippen molar-refractivity contribution in [2.45, 2.75) is 15.0 Å². The van der Waals surface area contributed by atoms with Crippen LogP contribution in [-0.4, -0.2) is 51.0 Å². The number of benzene rings is 2. The lowest BCUT2D eigenvalue weighted by Crippen LogP contribution is -2.51. The molecule has 0 amide bonds. The van der Waals surface area contributed by atoms with E-state index in [1.165, 1.54) is 24.3 Å². The first-order valence-corrected chi connectivity index (χ1v) is 12.8. The van der Waals surface area contributed by atoms with Crippen LogP contribution in [0.5, 0.6) is 0 Å². The second-order valence-corrected chi connectivity index (χ2v) is 11.2. The second-order valence-electron chi connectivity index (χ2n) is 7.46. The van der Waals surface area contributed by atoms with Gasteiger partial charge in [-0.25, -0.2) is 38.3 Å². The summed E-state index contributed by atoms with van der Waals surface area (Å²) in [7, 11) is -8.79. The van der Waals surface area contributed by atoms with E-state index in [9.17, 15) is 21.6 Å². The first kappa shape index (κ1) is 23.6. The Hall–Kier alpha value is -3.57. The lowest BCUT2D eigenvalue weighted by molar-refractivity contribution is 0.493. The van der Waals surface area contributed by atoms with Gasteiger partial charge >= 0.3 is 0 Å². The highest BCUT2D eigenvalue weighted by Gasteiger charge is 2.38. The Kier molecular flexibility index (Phi) is 5.78. The minimum absolute atomic E-state index is 0.0920. The van der Waals surface area contributed by atoms with Gasteiger partial charge in [-0.05, 0) is 17.7 Å². The topological polar surface area (TPSA) is 255 Å². The number of amidine groups is 1. The summed E-state index contributed by atoms with van der Waals surface area (Å²) < 4.78 is 51.9. The van der Waals surface area contributed by atoms with Crippen LogP contribution >= 0.6 is 0 Å². The molecule has 0 spiro atoms. The molecule has 0 atom stereocenters. The number of hydrogen-bond donors (Lipinski definition) is 7. The van der Waals surface area contributed by atoms with Gasteiger partial charge in [0.2, 0.25) is 16.0 Å². The van der Waals surface area contributed by atoms with Crippen molar-refractivity contribution in [3.8, 4) is 11.1 Å². The molecule has 0 unspecified atom stereocenters. The molecule has 4 rings (SSSR count). The van der Waals surface area contributed by atoms with Crippen LogP contribution in [0, 0.1) is 0 Å². The molecule has 11 N–H and O–H groups in total. The van der Waals surface area contributed by atoms with Crippen molar-refractivity contribution in [2.75, 3.05) is 18.8 Å². The van der Waals surface area contributed by atoms with Crippen LogP contribution in [0.1, 0.15) is 5.56 Å². The highest BCUT2D eigenvalue weighted by atomic mass is 32.2. The zero-order chi connectivity index (χ0) is 24.8. The van der Waals surface area contributed by atoms with Gasteiger partial charge in [-0.1, -0.05) is 18.2 Å². The summed E-state index contributed by atoms with van der Waals surface area (Å²) in [6.07, 6.45) is 0. The van der Waals surface area contributed by atoms with E-state index in [-0.39, 0.29) is 46.6 Å². The minimum atomic E-state index is -4.67. The number of aromatic nitrogens is 2. The maximum atomic E-state index is 13.2. The second kappa shape index (κ2) is 8.33. The Balaban J connectivity index is 2.18. The van der Waals surface area contributed by atoms with E-state index in [0.717, 1.165) is 6.07 Å². The fourth-order valence-corrected chi connectivity index (χ4v) is 6.93. The molecule has 1 fully saturated rings. The number of nitrogens with zero attached hydrogens (tertiary/aromatic N) is 2. The number of hydrazine groups is 1. The predicted molar refractivity (Wildman–Crippen MR) is 125 cm³/mol. The van der Waals surface area contributed by atoms with Crippen LogP contribution in [0.25, 0.3) is 22.0 Å². The number of sulfonamides is 1. The van der Waals surface area contributed by atoms with Gasteiger partial charge in [0, 0.05) is 24.2 Å². The van der Waals surface area contributed by atoms with Crippen LogP contribution in [0.3, 0.4) is 0 Å². The number of hydrazone groups is 1. The Morgan fingerprint density at radius 2 is 1.82 bits per heavy atom. The number of primary sulfonamides is 1. The summed E-state index contributed by atoms with van der Waals surface area (Å²) in [5.74, 6) is 4.61. The number of fused-ring (bicyclic) bond motifs is 1. The quantitative estimate of drug-likeness (QED) is 0.0804. The van der Waals surface area contributed by atoms with Crippen LogP contribution in [0.4, 0.5) is 5.95 Å². The Labute approximate surface area is 193 Å². The van der Waals surface area contributed by atoms with Crippen molar-refractivity contribution in [3.05, 3.63) is 46.2 Å². The van der Waals surface area contributed by atoms with Gasteiger partial charge in [-0.3, -0.25) is 9.78 Å². The maximum Gasteiger partial charge on any atom is 0.260 e. The molecule has 1 saturated heterocycles. The van der Waals surface area contributed by atoms with Crippen molar-refractivity contribution in [2.24, 2.45) is 21.8 Å². The molecule has 0 radical (unpaired) electrons. The molecule has 1 aliphatic heterocycles. The Morgan fingerprint density at radius 1 is 1.12 bits per heavy atom. The van der Waals surface area contributed by atoms with Gasteiger partial charge in [0.1, 0.15) is 4.90 Å². The number of hydrogen-bond acceptors (Lipinski definition) is 11. The average Bonchev–Trinajstić information content (AvgIpc) is 2.70. The largest absolute Gasteiger partial charge is 0.382 e. The average molecular weight is 508 g/mol. The number of rotatable bonds is 6. The first-order chi connectivity index (χ1) is 16.0. The maximum absolute atomic E-state index is 13.2. The van der Waals surface area contributed by atoms with E-state index < -0.39 is 46.3 Å². The van der Waals surface area contributed by atoms with E-state index in [0.29, 0.717) is 0 Å². The molecule has 14 nitrogen and oxygen atoms in total. The van der Waals surface area contributed by atoms with Crippen molar-refractivity contribution >= 4 is 42.5 Å². The number of H-pyrrole nitrogens is 1. The van der Waals surface area contributed by atoms with Gasteiger partial charge < -0.3 is 16.8 Å². The molecule has 180 valence electrons. The number of nitrogens with one attached hydrogen (secondary N) is 3. The van der Waals surface area contributed by atoms with Crippen LogP contribution in [0.15, 0.2) is 50.0 Å². The first-order valence-electron chi connectivity index (χ1n) is 9.69. The van der Waals surface area contributed by atoms with E-state index >= 15 is 0 Å². The van der Waals surface area contributed by atoms with E-state index in [1.807, 2.05) is 5.53 Å². The number of nitrogens with two attached hydrogens (primary N) is 4. The molecule has 16 heteroatoms. The van der Waals surface area contributed by atoms with Gasteiger partial charge in [-0.15, -0.1) is 5.10 Å². The molecule has 2 heterocycles. The van der Waals surface area contributed by atoms with Gasteiger partial charge in [0.05, 0.1) is 21.0 Å². The number of anilines is 1. The van der Waals surface area contributed by atoms with Crippen molar-refractivity contribution < 1.29 is 16.8 Å². The molecule has 1 aliphatic rings. The molecule has 34 heavy (non-hydrogen) atoms. The molecular formula is C18H21N9O5S2.